The Bertz CT molecular complexity index is 916. The summed E-state index contributed by atoms with van der Waals surface area (Å²) in [6.07, 6.45) is 3.98. The van der Waals surface area contributed by atoms with E-state index in [-0.39, 0.29) is 0 Å². The Labute approximate surface area is 192 Å². The van der Waals surface area contributed by atoms with Gasteiger partial charge in [0.2, 0.25) is 17.8 Å². The molecule has 2 aliphatic heterocycles. The molecule has 1 aromatic heterocycles. The zero-order valence-corrected chi connectivity index (χ0v) is 19.8. The van der Waals surface area contributed by atoms with Crippen molar-refractivity contribution in [3.8, 4) is 5.75 Å². The van der Waals surface area contributed by atoms with Crippen LogP contribution in [-0.2, 0) is 4.74 Å². The molecular weight excluding hydrogens is 518 g/mol. The van der Waals surface area contributed by atoms with Crippen molar-refractivity contribution in [3.63, 3.8) is 0 Å². The monoisotopic (exact) mass is 539 g/mol. The smallest absolute Gasteiger partial charge is 0.250 e. The number of benzene rings is 1. The molecule has 2 aliphatic rings. The van der Waals surface area contributed by atoms with Crippen LogP contribution >= 0.6 is 31.9 Å². The summed E-state index contributed by atoms with van der Waals surface area (Å²) in [5.41, 5.74) is 3.78. The van der Waals surface area contributed by atoms with E-state index in [4.69, 9.17) is 14.5 Å². The highest BCUT2D eigenvalue weighted by Gasteiger charge is 2.21. The minimum atomic E-state index is 0.415. The Hall–Kier alpha value is -1.98. The molecule has 9 nitrogen and oxygen atoms in total. The number of rotatable bonds is 6. The summed E-state index contributed by atoms with van der Waals surface area (Å²) in [6, 6.07) is 3.85. The summed E-state index contributed by atoms with van der Waals surface area (Å²) in [5.74, 6) is 2.45. The number of morpholine rings is 1. The van der Waals surface area contributed by atoms with E-state index in [2.05, 4.69) is 62.2 Å². The largest absolute Gasteiger partial charge is 0.495 e. The predicted octanol–water partition coefficient (Wildman–Crippen LogP) is 3.29. The molecule has 160 valence electrons. The van der Waals surface area contributed by atoms with Crippen LogP contribution in [0.2, 0.25) is 0 Å². The number of nitrogens with zero attached hydrogens (tertiary/aromatic N) is 6. The number of halogens is 2. The second kappa shape index (κ2) is 9.88. The Kier molecular flexibility index (Phi) is 7.00. The number of ether oxygens (including phenoxy) is 2. The standard InChI is InChI=1S/C19H23Br2N7O2/c1-29-16-13(10-14(20)11-15(16)21)12-22-26-17-23-18(27-4-2-3-5-27)25-19(24-17)28-6-8-30-9-7-28/h10-12H,2-9H2,1H3,(H,23,24,25,26)/b22-12+. The minimum absolute atomic E-state index is 0.415. The first kappa shape index (κ1) is 21.3. The van der Waals surface area contributed by atoms with Gasteiger partial charge in [-0.15, -0.1) is 0 Å². The van der Waals surface area contributed by atoms with Gasteiger partial charge < -0.3 is 19.3 Å². The first-order valence-corrected chi connectivity index (χ1v) is 11.4. The molecule has 0 saturated carbocycles. The van der Waals surface area contributed by atoms with Gasteiger partial charge in [0.25, 0.3) is 0 Å². The lowest BCUT2D eigenvalue weighted by Crippen LogP contribution is -2.38. The first-order chi connectivity index (χ1) is 14.6. The van der Waals surface area contributed by atoms with Crippen molar-refractivity contribution in [1.29, 1.82) is 0 Å². The molecule has 4 rings (SSSR count). The number of anilines is 3. The molecular formula is C19H23Br2N7O2. The molecule has 0 spiro atoms. The zero-order chi connectivity index (χ0) is 20.9. The molecule has 1 N–H and O–H groups in total. The van der Waals surface area contributed by atoms with Crippen molar-refractivity contribution >= 4 is 55.9 Å². The van der Waals surface area contributed by atoms with Crippen LogP contribution in [0.15, 0.2) is 26.2 Å². The van der Waals surface area contributed by atoms with E-state index >= 15 is 0 Å². The second-order valence-electron chi connectivity index (χ2n) is 6.93. The fourth-order valence-electron chi connectivity index (χ4n) is 3.42. The van der Waals surface area contributed by atoms with E-state index in [0.29, 0.717) is 36.8 Å². The number of nitrogens with one attached hydrogen (secondary N) is 1. The summed E-state index contributed by atoms with van der Waals surface area (Å²) in [5, 5.41) is 4.35. The van der Waals surface area contributed by atoms with Gasteiger partial charge in [0, 0.05) is 36.2 Å². The number of hydrogen-bond donors (Lipinski definition) is 1. The third-order valence-corrected chi connectivity index (χ3v) is 5.95. The van der Waals surface area contributed by atoms with Crippen molar-refractivity contribution in [2.45, 2.75) is 12.8 Å². The molecule has 0 bridgehead atoms. The van der Waals surface area contributed by atoms with Crippen LogP contribution in [0.5, 0.6) is 5.75 Å². The van der Waals surface area contributed by atoms with Gasteiger partial charge in [-0.1, -0.05) is 15.9 Å². The van der Waals surface area contributed by atoms with E-state index in [9.17, 15) is 0 Å². The summed E-state index contributed by atoms with van der Waals surface area (Å²) >= 11 is 7.00. The number of hydrogen-bond acceptors (Lipinski definition) is 9. The molecule has 30 heavy (non-hydrogen) atoms. The molecule has 2 saturated heterocycles. The molecule has 0 radical (unpaired) electrons. The molecule has 11 heteroatoms. The van der Waals surface area contributed by atoms with E-state index in [0.717, 1.165) is 53.5 Å². The Morgan fingerprint density at radius 3 is 2.37 bits per heavy atom. The highest BCUT2D eigenvalue weighted by Crippen LogP contribution is 2.31. The maximum Gasteiger partial charge on any atom is 0.250 e. The maximum absolute atomic E-state index is 5.47. The highest BCUT2D eigenvalue weighted by molar-refractivity contribution is 9.11. The highest BCUT2D eigenvalue weighted by atomic mass is 79.9. The molecule has 3 heterocycles. The lowest BCUT2D eigenvalue weighted by atomic mass is 10.2. The Morgan fingerprint density at radius 2 is 1.70 bits per heavy atom. The lowest BCUT2D eigenvalue weighted by molar-refractivity contribution is 0.122. The van der Waals surface area contributed by atoms with E-state index in [1.165, 1.54) is 0 Å². The van der Waals surface area contributed by atoms with Crippen molar-refractivity contribution in [3.05, 3.63) is 26.6 Å². The van der Waals surface area contributed by atoms with Crippen molar-refractivity contribution in [2.75, 3.05) is 61.7 Å². The fourth-order valence-corrected chi connectivity index (χ4v) is 4.84. The van der Waals surface area contributed by atoms with Crippen molar-refractivity contribution in [2.24, 2.45) is 5.10 Å². The maximum atomic E-state index is 5.47. The van der Waals surface area contributed by atoms with Gasteiger partial charge in [0.05, 0.1) is 31.0 Å². The first-order valence-electron chi connectivity index (χ1n) is 9.80. The van der Waals surface area contributed by atoms with Gasteiger partial charge in [0.15, 0.2) is 0 Å². The number of hydrazone groups is 1. The minimum Gasteiger partial charge on any atom is -0.495 e. The van der Waals surface area contributed by atoms with Crippen LogP contribution in [0.3, 0.4) is 0 Å². The molecule has 1 aromatic carbocycles. The second-order valence-corrected chi connectivity index (χ2v) is 8.70. The summed E-state index contributed by atoms with van der Waals surface area (Å²) in [4.78, 5) is 18.2. The van der Waals surface area contributed by atoms with Crippen LogP contribution in [0.1, 0.15) is 18.4 Å². The molecule has 2 fully saturated rings. The average Bonchev–Trinajstić information content (AvgIpc) is 3.29. The zero-order valence-electron chi connectivity index (χ0n) is 16.6. The van der Waals surface area contributed by atoms with E-state index in [1.807, 2.05) is 12.1 Å². The van der Waals surface area contributed by atoms with Crippen LogP contribution in [-0.4, -0.2) is 67.7 Å². The topological polar surface area (TPSA) is 88.0 Å². The van der Waals surface area contributed by atoms with Gasteiger partial charge in [-0.05, 0) is 40.9 Å². The van der Waals surface area contributed by atoms with Crippen LogP contribution in [0, 0.1) is 0 Å². The molecule has 0 atom stereocenters. The third-order valence-electron chi connectivity index (χ3n) is 4.90. The molecule has 0 aliphatic carbocycles. The number of aromatic nitrogens is 3. The van der Waals surface area contributed by atoms with Crippen LogP contribution < -0.4 is 20.0 Å². The molecule has 0 amide bonds. The molecule has 0 unspecified atom stereocenters. The van der Waals surface area contributed by atoms with Gasteiger partial charge in [-0.2, -0.15) is 20.1 Å². The Morgan fingerprint density at radius 1 is 1.03 bits per heavy atom. The van der Waals surface area contributed by atoms with Gasteiger partial charge in [0.1, 0.15) is 5.75 Å². The van der Waals surface area contributed by atoms with Gasteiger partial charge >= 0.3 is 0 Å². The van der Waals surface area contributed by atoms with E-state index < -0.39 is 0 Å². The van der Waals surface area contributed by atoms with Gasteiger partial charge in [-0.3, -0.25) is 0 Å². The molecule has 2 aromatic rings. The summed E-state index contributed by atoms with van der Waals surface area (Å²) in [6.45, 7) is 4.77. The quantitative estimate of drug-likeness (QED) is 0.441. The SMILES string of the molecule is COc1c(Br)cc(Br)cc1/C=N/Nc1nc(N2CCCC2)nc(N2CCOCC2)n1. The van der Waals surface area contributed by atoms with Crippen LogP contribution in [0.25, 0.3) is 0 Å². The number of methoxy groups -OCH3 is 1. The average molecular weight is 541 g/mol. The van der Waals surface area contributed by atoms with Crippen molar-refractivity contribution < 1.29 is 9.47 Å². The fraction of sp³-hybridized carbons (Fsp3) is 0.474. The Balaban J connectivity index is 1.58. The lowest BCUT2D eigenvalue weighted by Gasteiger charge is -2.27. The predicted molar refractivity (Wildman–Crippen MR) is 124 cm³/mol. The van der Waals surface area contributed by atoms with Gasteiger partial charge in [-0.25, -0.2) is 5.43 Å². The summed E-state index contributed by atoms with van der Waals surface area (Å²) in [7, 11) is 1.63. The van der Waals surface area contributed by atoms with Crippen LogP contribution in [0.4, 0.5) is 17.8 Å². The van der Waals surface area contributed by atoms with Crippen molar-refractivity contribution in [1.82, 2.24) is 15.0 Å². The normalized spacial score (nSPS) is 17.0. The summed E-state index contributed by atoms with van der Waals surface area (Å²) < 4.78 is 12.7. The van der Waals surface area contributed by atoms with E-state index in [1.54, 1.807) is 13.3 Å². The third kappa shape index (κ3) is 5.01.